The van der Waals surface area contributed by atoms with Crippen LogP contribution in [0, 0.1) is 17.8 Å². The molecule has 3 N–H and O–H groups in total. The van der Waals surface area contributed by atoms with E-state index in [0.29, 0.717) is 32.4 Å². The first-order valence-electron chi connectivity index (χ1n) is 15.6. The first-order chi connectivity index (χ1) is 20.0. The summed E-state index contributed by atoms with van der Waals surface area (Å²) in [6.45, 7) is 8.73. The predicted molar refractivity (Wildman–Crippen MR) is 156 cm³/mol. The number of hydrogen-bond donors (Lipinski definition) is 3. The Labute approximate surface area is 246 Å². The molecule has 2 aromatic rings. The van der Waals surface area contributed by atoms with E-state index < -0.39 is 35.5 Å². The Morgan fingerprint density at radius 2 is 2.02 bits per heavy atom. The van der Waals surface area contributed by atoms with Crippen molar-refractivity contribution in [2.75, 3.05) is 20.1 Å². The first kappa shape index (κ1) is 27.9. The highest BCUT2D eigenvalue weighted by Crippen LogP contribution is 2.49. The molecule has 0 saturated carbocycles. The van der Waals surface area contributed by atoms with Crippen molar-refractivity contribution in [2.45, 2.75) is 95.5 Å². The molecule has 7 rings (SSSR count). The number of fused-ring (bicyclic) bond motifs is 5. The summed E-state index contributed by atoms with van der Waals surface area (Å²) >= 11 is 0. The molecule has 226 valence electrons. The maximum Gasteiger partial charge on any atom is 0.281 e. The van der Waals surface area contributed by atoms with E-state index in [1.807, 2.05) is 27.7 Å². The van der Waals surface area contributed by atoms with Crippen molar-refractivity contribution in [3.05, 3.63) is 35.5 Å². The lowest BCUT2D eigenvalue weighted by Gasteiger charge is -2.49. The van der Waals surface area contributed by atoms with Gasteiger partial charge in [-0.15, -0.1) is 0 Å². The number of carbonyl (C=O) groups excluding carboxylic acids is 3. The fourth-order valence-corrected chi connectivity index (χ4v) is 8.63. The van der Waals surface area contributed by atoms with Gasteiger partial charge in [0.2, 0.25) is 17.5 Å². The molecule has 4 fully saturated rings. The number of hydrogen-bond acceptors (Lipinski definition) is 6. The number of ether oxygens (including phenoxy) is 1. The number of piperidine rings is 1. The number of rotatable bonds is 5. The van der Waals surface area contributed by atoms with Crippen molar-refractivity contribution < 1.29 is 24.2 Å². The van der Waals surface area contributed by atoms with Gasteiger partial charge in [0.05, 0.1) is 5.92 Å². The monoisotopic (exact) mass is 577 g/mol. The number of likely N-dealkylation sites (N-methyl/N-ethyl adjacent to an activating group) is 1. The Morgan fingerprint density at radius 3 is 2.76 bits per heavy atom. The third kappa shape index (κ3) is 3.77. The van der Waals surface area contributed by atoms with E-state index in [1.165, 1.54) is 21.4 Å². The second-order valence-corrected chi connectivity index (χ2v) is 14.0. The third-order valence-electron chi connectivity index (χ3n) is 10.7. The number of amides is 3. The van der Waals surface area contributed by atoms with Gasteiger partial charge in [0.25, 0.3) is 11.8 Å². The minimum Gasteiger partial charge on any atom is -0.361 e. The summed E-state index contributed by atoms with van der Waals surface area (Å²) in [6, 6.07) is 5.13. The van der Waals surface area contributed by atoms with Crippen molar-refractivity contribution in [3.8, 4) is 0 Å². The van der Waals surface area contributed by atoms with Gasteiger partial charge in [-0.2, -0.15) is 0 Å². The van der Waals surface area contributed by atoms with Crippen molar-refractivity contribution in [3.63, 3.8) is 0 Å². The van der Waals surface area contributed by atoms with Crippen LogP contribution >= 0.6 is 0 Å². The molecule has 0 spiro atoms. The van der Waals surface area contributed by atoms with Crippen LogP contribution in [0.3, 0.4) is 0 Å². The van der Waals surface area contributed by atoms with Crippen LogP contribution in [-0.4, -0.2) is 92.4 Å². The van der Waals surface area contributed by atoms with E-state index in [4.69, 9.17) is 4.74 Å². The summed E-state index contributed by atoms with van der Waals surface area (Å²) in [5.41, 5.74) is 1.93. The number of piperazine rings is 1. The zero-order valence-corrected chi connectivity index (χ0v) is 25.2. The highest BCUT2D eigenvalue weighted by atomic mass is 16.7. The van der Waals surface area contributed by atoms with Crippen LogP contribution in [0.5, 0.6) is 0 Å². The number of aromatic nitrogens is 1. The van der Waals surface area contributed by atoms with Gasteiger partial charge in [-0.3, -0.25) is 24.0 Å². The van der Waals surface area contributed by atoms with Crippen molar-refractivity contribution in [2.24, 2.45) is 17.8 Å². The standard InChI is InChI=1S/C32H43N5O5/c1-17(2)12-25-29(39)36-11-7-10-26(36)32(41)37(25)30(40)31(42-32,18(3)4)34-28(38)20-13-22-21-8-6-9-23-27(21)19(15-33-23)14-24(22)35(5)16-20/h6,8-9,15,17-18,20,22,24-26,33,41H,7,10-14,16H2,1-5H3,(H,34,38)/t20-,22-,24-,25+,26+,31?,32?/m1/s1. The lowest BCUT2D eigenvalue weighted by molar-refractivity contribution is -0.322. The van der Waals surface area contributed by atoms with Crippen LogP contribution in [0.4, 0.5) is 0 Å². The van der Waals surface area contributed by atoms with E-state index in [2.05, 4.69) is 46.6 Å². The van der Waals surface area contributed by atoms with E-state index in [9.17, 15) is 19.5 Å². The maximum atomic E-state index is 14.4. The average Bonchev–Trinajstić information content (AvgIpc) is 3.65. The minimum atomic E-state index is -1.99. The van der Waals surface area contributed by atoms with Gasteiger partial charge in [0.1, 0.15) is 12.1 Å². The second kappa shape index (κ2) is 9.53. The summed E-state index contributed by atoms with van der Waals surface area (Å²) in [5, 5.41) is 16.4. The number of nitrogens with one attached hydrogen (secondary N) is 2. The molecule has 4 saturated heterocycles. The highest BCUT2D eigenvalue weighted by Gasteiger charge is 2.72. The van der Waals surface area contributed by atoms with E-state index in [0.717, 1.165) is 18.4 Å². The fourth-order valence-electron chi connectivity index (χ4n) is 8.63. The van der Waals surface area contributed by atoms with Crippen LogP contribution in [0.25, 0.3) is 10.9 Å². The molecule has 0 bridgehead atoms. The molecule has 3 amide bonds. The topological polar surface area (TPSA) is 118 Å². The Hall–Kier alpha value is -2.95. The van der Waals surface area contributed by atoms with Gasteiger partial charge < -0.3 is 25.2 Å². The zero-order valence-electron chi connectivity index (χ0n) is 25.2. The number of aliphatic hydroxyl groups is 1. The van der Waals surface area contributed by atoms with Crippen molar-refractivity contribution in [1.29, 1.82) is 0 Å². The molecule has 4 aliphatic heterocycles. The molecule has 0 radical (unpaired) electrons. The molecule has 5 heterocycles. The van der Waals surface area contributed by atoms with E-state index in [-0.39, 0.29) is 35.6 Å². The van der Waals surface area contributed by atoms with Gasteiger partial charge in [0.15, 0.2) is 0 Å². The zero-order chi connectivity index (χ0) is 29.7. The summed E-state index contributed by atoms with van der Waals surface area (Å²) in [5.74, 6) is -3.48. The smallest absolute Gasteiger partial charge is 0.281 e. The maximum absolute atomic E-state index is 14.4. The summed E-state index contributed by atoms with van der Waals surface area (Å²) in [6.07, 6.45) is 5.36. The second-order valence-electron chi connectivity index (χ2n) is 14.0. The van der Waals surface area contributed by atoms with E-state index >= 15 is 0 Å². The molecule has 10 nitrogen and oxygen atoms in total. The van der Waals surface area contributed by atoms with Crippen molar-refractivity contribution in [1.82, 2.24) is 25.0 Å². The number of aromatic amines is 1. The molecule has 1 aromatic heterocycles. The van der Waals surface area contributed by atoms with Crippen LogP contribution in [-0.2, 0) is 25.5 Å². The Morgan fingerprint density at radius 1 is 1.24 bits per heavy atom. The van der Waals surface area contributed by atoms with Gasteiger partial charge in [-0.25, -0.2) is 0 Å². The van der Waals surface area contributed by atoms with Gasteiger partial charge in [0, 0.05) is 48.1 Å². The van der Waals surface area contributed by atoms with Crippen LogP contribution in [0.15, 0.2) is 24.4 Å². The molecule has 10 heteroatoms. The molecule has 1 aromatic carbocycles. The first-order valence-corrected chi connectivity index (χ1v) is 15.6. The molecular formula is C32H43N5O5. The Kier molecular flexibility index (Phi) is 6.32. The number of likely N-dealkylation sites (tertiary alicyclic amines) is 1. The van der Waals surface area contributed by atoms with Gasteiger partial charge in [-0.1, -0.05) is 39.8 Å². The fraction of sp³-hybridized carbons (Fsp3) is 0.656. The normalized spacial score (nSPS) is 36.1. The molecular weight excluding hydrogens is 534 g/mol. The van der Waals surface area contributed by atoms with Crippen LogP contribution in [0.2, 0.25) is 0 Å². The quantitative estimate of drug-likeness (QED) is 0.503. The lowest BCUT2D eigenvalue weighted by atomic mass is 9.72. The molecule has 1 aliphatic carbocycles. The molecule has 42 heavy (non-hydrogen) atoms. The molecule has 7 atom stereocenters. The van der Waals surface area contributed by atoms with Gasteiger partial charge in [-0.05, 0) is 62.3 Å². The molecule has 5 aliphatic rings. The van der Waals surface area contributed by atoms with Crippen LogP contribution in [0.1, 0.15) is 70.4 Å². The van der Waals surface area contributed by atoms with Crippen molar-refractivity contribution >= 4 is 28.6 Å². The van der Waals surface area contributed by atoms with Gasteiger partial charge >= 0.3 is 0 Å². The van der Waals surface area contributed by atoms with E-state index in [1.54, 1.807) is 4.90 Å². The predicted octanol–water partition coefficient (Wildman–Crippen LogP) is 2.52. The average molecular weight is 578 g/mol. The number of carbonyl (C=O) groups is 3. The summed E-state index contributed by atoms with van der Waals surface area (Å²) in [7, 11) is 2.07. The lowest BCUT2D eigenvalue weighted by Crippen LogP contribution is -2.71. The third-order valence-corrected chi connectivity index (χ3v) is 10.7. The number of benzene rings is 1. The van der Waals surface area contributed by atoms with Crippen LogP contribution < -0.4 is 5.32 Å². The summed E-state index contributed by atoms with van der Waals surface area (Å²) < 4.78 is 6.45. The molecule has 2 unspecified atom stereocenters. The number of H-pyrrole nitrogens is 1. The SMILES string of the molecule is CC(C)C[C@H]1C(=O)N2CCC[C@H]2C2(O)OC(NC(=O)[C@@H]3C[C@@H]4c5cccc6[nH]cc(c56)C[C@H]4N(C)C3)(C(C)C)C(=O)N12. The largest absolute Gasteiger partial charge is 0.361 e. The Bertz CT molecular complexity index is 1450. The number of nitrogens with zero attached hydrogens (tertiary/aromatic N) is 3. The Balaban J connectivity index is 1.20. The highest BCUT2D eigenvalue weighted by molar-refractivity contribution is 5.97. The minimum absolute atomic E-state index is 0.116. The summed E-state index contributed by atoms with van der Waals surface area (Å²) in [4.78, 5) is 50.8.